The van der Waals surface area contributed by atoms with Crippen LogP contribution in [0.25, 0.3) is 0 Å². The van der Waals surface area contributed by atoms with E-state index < -0.39 is 0 Å². The van der Waals surface area contributed by atoms with Crippen molar-refractivity contribution in [2.75, 3.05) is 13.2 Å². The molecule has 0 amide bonds. The van der Waals surface area contributed by atoms with Crippen molar-refractivity contribution in [1.29, 1.82) is 0 Å². The average molecular weight is 286 g/mol. The van der Waals surface area contributed by atoms with Crippen molar-refractivity contribution in [2.24, 2.45) is 7.05 Å². The number of nitrogens with zero attached hydrogens (tertiary/aromatic N) is 3. The van der Waals surface area contributed by atoms with Crippen molar-refractivity contribution >= 4 is 11.6 Å². The second kappa shape index (κ2) is 6.73. The average Bonchev–Trinajstić information content (AvgIpc) is 2.65. The Balaban J connectivity index is 2.11. The van der Waals surface area contributed by atoms with Crippen LogP contribution in [-0.4, -0.2) is 39.0 Å². The first kappa shape index (κ1) is 14.8. The van der Waals surface area contributed by atoms with Crippen LogP contribution in [0.2, 0.25) is 5.15 Å². The molecule has 0 spiro atoms. The summed E-state index contributed by atoms with van der Waals surface area (Å²) in [5, 5.41) is 14.4. The fraction of sp³-hybridized carbons (Fsp3) is 0.786. The molecule has 1 fully saturated rings. The lowest BCUT2D eigenvalue weighted by atomic mass is 9.94. The lowest BCUT2D eigenvalue weighted by molar-refractivity contribution is 0.117. The van der Waals surface area contributed by atoms with Gasteiger partial charge < -0.3 is 5.11 Å². The second-order valence-corrected chi connectivity index (χ2v) is 5.82. The summed E-state index contributed by atoms with van der Waals surface area (Å²) in [6.07, 6.45) is 6.41. The van der Waals surface area contributed by atoms with E-state index in [9.17, 15) is 5.11 Å². The monoisotopic (exact) mass is 285 g/mol. The van der Waals surface area contributed by atoms with Gasteiger partial charge in [-0.25, -0.2) is 0 Å². The summed E-state index contributed by atoms with van der Waals surface area (Å²) in [5.74, 6) is 0. The van der Waals surface area contributed by atoms with E-state index in [1.807, 2.05) is 14.0 Å². The lowest BCUT2D eigenvalue weighted by Crippen LogP contribution is -2.38. The van der Waals surface area contributed by atoms with Crippen molar-refractivity contribution in [3.05, 3.63) is 16.4 Å². The first-order chi connectivity index (χ1) is 9.13. The van der Waals surface area contributed by atoms with Crippen LogP contribution in [0, 0.1) is 6.92 Å². The molecule has 19 heavy (non-hydrogen) atoms. The van der Waals surface area contributed by atoms with Gasteiger partial charge in [0, 0.05) is 31.7 Å². The van der Waals surface area contributed by atoms with Crippen LogP contribution in [0.5, 0.6) is 0 Å². The predicted molar refractivity (Wildman–Crippen MR) is 77.3 cm³/mol. The van der Waals surface area contributed by atoms with Gasteiger partial charge in [0.15, 0.2) is 0 Å². The standard InChI is InChI=1S/C14H24ClN3O/c1-11-13(14(15)17(2)16-11)10-18(8-9-19)12-6-4-3-5-7-12/h12,19H,3-10H2,1-2H3. The summed E-state index contributed by atoms with van der Waals surface area (Å²) in [7, 11) is 1.87. The highest BCUT2D eigenvalue weighted by molar-refractivity contribution is 6.30. The van der Waals surface area contributed by atoms with Gasteiger partial charge >= 0.3 is 0 Å². The molecule has 1 aromatic heterocycles. The Kier molecular flexibility index (Phi) is 5.25. The van der Waals surface area contributed by atoms with E-state index in [1.165, 1.54) is 32.1 Å². The van der Waals surface area contributed by atoms with Gasteiger partial charge in [0.25, 0.3) is 0 Å². The molecule has 108 valence electrons. The third kappa shape index (κ3) is 3.50. The van der Waals surface area contributed by atoms with Crippen LogP contribution in [-0.2, 0) is 13.6 Å². The highest BCUT2D eigenvalue weighted by atomic mass is 35.5. The zero-order valence-electron chi connectivity index (χ0n) is 11.9. The van der Waals surface area contributed by atoms with Crippen LogP contribution in [0.1, 0.15) is 43.4 Å². The summed E-state index contributed by atoms with van der Waals surface area (Å²) < 4.78 is 1.73. The van der Waals surface area contributed by atoms with Gasteiger partial charge in [-0.05, 0) is 19.8 Å². The number of aromatic nitrogens is 2. The van der Waals surface area contributed by atoms with Crippen molar-refractivity contribution in [1.82, 2.24) is 14.7 Å². The summed E-state index contributed by atoms with van der Waals surface area (Å²) in [6, 6.07) is 0.580. The number of rotatable bonds is 5. The lowest BCUT2D eigenvalue weighted by Gasteiger charge is -2.33. The molecule has 0 aliphatic heterocycles. The van der Waals surface area contributed by atoms with Crippen LogP contribution < -0.4 is 0 Å². The fourth-order valence-corrected chi connectivity index (χ4v) is 3.26. The van der Waals surface area contributed by atoms with Gasteiger partial charge in [-0.15, -0.1) is 0 Å². The van der Waals surface area contributed by atoms with Crippen molar-refractivity contribution in [3.63, 3.8) is 0 Å². The number of hydrogen-bond donors (Lipinski definition) is 1. The summed E-state index contributed by atoms with van der Waals surface area (Å²) in [6.45, 7) is 3.71. The van der Waals surface area contributed by atoms with Crippen LogP contribution >= 0.6 is 11.6 Å². The molecule has 0 radical (unpaired) electrons. The number of halogens is 1. The van der Waals surface area contributed by atoms with Gasteiger partial charge in [-0.1, -0.05) is 30.9 Å². The largest absolute Gasteiger partial charge is 0.395 e. The maximum absolute atomic E-state index is 9.29. The second-order valence-electron chi connectivity index (χ2n) is 5.46. The molecule has 2 rings (SSSR count). The molecule has 1 aromatic rings. The quantitative estimate of drug-likeness (QED) is 0.904. The van der Waals surface area contributed by atoms with E-state index in [2.05, 4.69) is 10.00 Å². The fourth-order valence-electron chi connectivity index (χ4n) is 3.02. The van der Waals surface area contributed by atoms with Gasteiger partial charge in [-0.2, -0.15) is 5.10 Å². The molecule has 0 atom stereocenters. The first-order valence-electron chi connectivity index (χ1n) is 7.16. The SMILES string of the molecule is Cc1nn(C)c(Cl)c1CN(CCO)C1CCCCC1. The van der Waals surface area contributed by atoms with E-state index in [1.54, 1.807) is 4.68 Å². The topological polar surface area (TPSA) is 41.3 Å². The highest BCUT2D eigenvalue weighted by Gasteiger charge is 2.23. The molecule has 0 unspecified atom stereocenters. The van der Waals surface area contributed by atoms with E-state index in [-0.39, 0.29) is 6.61 Å². The molecule has 1 aliphatic carbocycles. The molecule has 4 nitrogen and oxygen atoms in total. The van der Waals surface area contributed by atoms with Gasteiger partial charge in [-0.3, -0.25) is 9.58 Å². The summed E-state index contributed by atoms with van der Waals surface area (Å²) >= 11 is 6.31. The van der Waals surface area contributed by atoms with Crippen LogP contribution in [0.15, 0.2) is 0 Å². The normalized spacial score (nSPS) is 17.3. The van der Waals surface area contributed by atoms with Crippen molar-refractivity contribution in [3.8, 4) is 0 Å². The number of hydrogen-bond acceptors (Lipinski definition) is 3. The smallest absolute Gasteiger partial charge is 0.131 e. The third-order valence-electron chi connectivity index (χ3n) is 4.11. The van der Waals surface area contributed by atoms with Gasteiger partial charge in [0.1, 0.15) is 5.15 Å². The maximum Gasteiger partial charge on any atom is 0.131 e. The number of aliphatic hydroxyl groups excluding tert-OH is 1. The zero-order chi connectivity index (χ0) is 13.8. The molecular formula is C14H24ClN3O. The number of aliphatic hydroxyl groups is 1. The minimum atomic E-state index is 0.202. The Hall–Kier alpha value is -0.580. The highest BCUT2D eigenvalue weighted by Crippen LogP contribution is 2.26. The van der Waals surface area contributed by atoms with E-state index in [4.69, 9.17) is 11.6 Å². The van der Waals surface area contributed by atoms with E-state index in [0.29, 0.717) is 6.04 Å². The molecule has 0 bridgehead atoms. The zero-order valence-corrected chi connectivity index (χ0v) is 12.7. The molecule has 1 aliphatic rings. The third-order valence-corrected chi connectivity index (χ3v) is 4.58. The molecule has 5 heteroatoms. The molecular weight excluding hydrogens is 262 g/mol. The Morgan fingerprint density at radius 1 is 1.37 bits per heavy atom. The van der Waals surface area contributed by atoms with Crippen molar-refractivity contribution in [2.45, 2.75) is 51.6 Å². The van der Waals surface area contributed by atoms with Crippen LogP contribution in [0.3, 0.4) is 0 Å². The Labute approximate surface area is 120 Å². The first-order valence-corrected chi connectivity index (χ1v) is 7.54. The molecule has 1 saturated carbocycles. The minimum absolute atomic E-state index is 0.202. The van der Waals surface area contributed by atoms with Crippen LogP contribution in [0.4, 0.5) is 0 Å². The Bertz CT molecular complexity index is 413. The van der Waals surface area contributed by atoms with Crippen molar-refractivity contribution < 1.29 is 5.11 Å². The molecule has 1 N–H and O–H groups in total. The number of aryl methyl sites for hydroxylation is 2. The minimum Gasteiger partial charge on any atom is -0.395 e. The van der Waals surface area contributed by atoms with Gasteiger partial charge in [0.05, 0.1) is 12.3 Å². The van der Waals surface area contributed by atoms with E-state index >= 15 is 0 Å². The Morgan fingerprint density at radius 3 is 2.58 bits per heavy atom. The summed E-state index contributed by atoms with van der Waals surface area (Å²) in [4.78, 5) is 2.37. The van der Waals surface area contributed by atoms with E-state index in [0.717, 1.165) is 29.5 Å². The maximum atomic E-state index is 9.29. The molecule has 1 heterocycles. The predicted octanol–water partition coefficient (Wildman–Crippen LogP) is 2.51. The molecule has 0 aromatic carbocycles. The molecule has 0 saturated heterocycles. The Morgan fingerprint density at radius 2 is 2.05 bits per heavy atom. The van der Waals surface area contributed by atoms with Gasteiger partial charge in [0.2, 0.25) is 0 Å². The summed E-state index contributed by atoms with van der Waals surface area (Å²) in [5.41, 5.74) is 2.09.